The average Bonchev–Trinajstić information content (AvgIpc) is 2.04. The van der Waals surface area contributed by atoms with Gasteiger partial charge in [-0.1, -0.05) is 12.1 Å². The fourth-order valence-corrected chi connectivity index (χ4v) is 0.736. The van der Waals surface area contributed by atoms with Crippen LogP contribution in [0.3, 0.4) is 0 Å². The summed E-state index contributed by atoms with van der Waals surface area (Å²) >= 11 is 0. The van der Waals surface area contributed by atoms with Crippen molar-refractivity contribution in [3.05, 3.63) is 29.3 Å². The molecule has 0 atom stereocenters. The number of rotatable bonds is 0. The highest BCUT2D eigenvalue weighted by Gasteiger charge is 1.94. The molecular formula is C8H11O2Si. The van der Waals surface area contributed by atoms with Gasteiger partial charge < -0.3 is 9.90 Å². The first-order chi connectivity index (χ1) is 5.22. The van der Waals surface area contributed by atoms with Gasteiger partial charge in [0.1, 0.15) is 5.75 Å². The third-order valence-corrected chi connectivity index (χ3v) is 1.58. The Morgan fingerprint density at radius 3 is 2.09 bits per heavy atom. The molecule has 0 unspecified atom stereocenters. The molecule has 11 heavy (non-hydrogen) atoms. The Labute approximate surface area is 70.0 Å². The van der Waals surface area contributed by atoms with Gasteiger partial charge in [-0.3, -0.25) is 0 Å². The second-order valence-electron chi connectivity index (χ2n) is 2.22. The molecule has 0 saturated carbocycles. The molecule has 1 rings (SSSR count). The fourth-order valence-electron chi connectivity index (χ4n) is 0.736. The number of aryl methyl sites for hydroxylation is 1. The Morgan fingerprint density at radius 2 is 1.73 bits per heavy atom. The SMILES string of the molecule is Cc1cccc(O)c1C.O[Si]. The maximum atomic E-state index is 9.10. The monoisotopic (exact) mass is 167 g/mol. The summed E-state index contributed by atoms with van der Waals surface area (Å²) < 4.78 is 0. The summed E-state index contributed by atoms with van der Waals surface area (Å²) in [4.78, 5) is 6.81. The van der Waals surface area contributed by atoms with Crippen LogP contribution in [0.15, 0.2) is 18.2 Å². The molecule has 0 aliphatic rings. The summed E-state index contributed by atoms with van der Waals surface area (Å²) in [6.07, 6.45) is 0. The summed E-state index contributed by atoms with van der Waals surface area (Å²) in [6.45, 7) is 3.89. The number of phenols is 1. The molecule has 3 radical (unpaired) electrons. The van der Waals surface area contributed by atoms with Crippen molar-refractivity contribution in [2.24, 2.45) is 0 Å². The van der Waals surface area contributed by atoms with Gasteiger partial charge in [-0.25, -0.2) is 0 Å². The predicted octanol–water partition coefficient (Wildman–Crippen LogP) is 1.07. The lowest BCUT2D eigenvalue weighted by molar-refractivity contribution is 0.470. The first-order valence-corrected chi connectivity index (χ1v) is 3.64. The van der Waals surface area contributed by atoms with Gasteiger partial charge in [-0.15, -0.1) is 0 Å². The van der Waals surface area contributed by atoms with E-state index in [9.17, 15) is 0 Å². The topological polar surface area (TPSA) is 40.5 Å². The van der Waals surface area contributed by atoms with Crippen LogP contribution >= 0.6 is 0 Å². The first kappa shape index (κ1) is 10.2. The van der Waals surface area contributed by atoms with Gasteiger partial charge in [-0.05, 0) is 31.0 Å². The summed E-state index contributed by atoms with van der Waals surface area (Å²) in [5, 5.41) is 9.10. The molecule has 0 saturated heterocycles. The van der Waals surface area contributed by atoms with Crippen molar-refractivity contribution in [3.63, 3.8) is 0 Å². The van der Waals surface area contributed by atoms with E-state index < -0.39 is 0 Å². The predicted molar refractivity (Wildman–Crippen MR) is 45.6 cm³/mol. The zero-order valence-corrected chi connectivity index (χ0v) is 7.63. The van der Waals surface area contributed by atoms with E-state index in [4.69, 9.17) is 9.90 Å². The number of phenolic OH excluding ortho intramolecular Hbond substituents is 1. The molecule has 1 aromatic rings. The highest BCUT2D eigenvalue weighted by Crippen LogP contribution is 2.17. The number of hydrogen-bond donors (Lipinski definition) is 2. The molecule has 0 aliphatic carbocycles. The average molecular weight is 167 g/mol. The Kier molecular flexibility index (Phi) is 4.57. The lowest BCUT2D eigenvalue weighted by Crippen LogP contribution is -1.78. The summed E-state index contributed by atoms with van der Waals surface area (Å²) in [6, 6.07) is 5.52. The van der Waals surface area contributed by atoms with Crippen molar-refractivity contribution in [1.82, 2.24) is 0 Å². The van der Waals surface area contributed by atoms with E-state index in [1.165, 1.54) is 0 Å². The Bertz CT molecular complexity index is 203. The van der Waals surface area contributed by atoms with Crippen LogP contribution in [0.5, 0.6) is 5.75 Å². The van der Waals surface area contributed by atoms with Gasteiger partial charge in [0.25, 0.3) is 0 Å². The van der Waals surface area contributed by atoms with Gasteiger partial charge >= 0.3 is 0 Å². The second-order valence-corrected chi connectivity index (χ2v) is 2.22. The first-order valence-electron chi connectivity index (χ1n) is 3.19. The number of hydrogen-bond acceptors (Lipinski definition) is 2. The highest BCUT2D eigenvalue weighted by molar-refractivity contribution is 5.95. The molecule has 59 valence electrons. The normalized spacial score (nSPS) is 8.36. The van der Waals surface area contributed by atoms with Crippen molar-refractivity contribution in [3.8, 4) is 5.75 Å². The molecule has 0 spiro atoms. The molecule has 0 fully saturated rings. The molecule has 2 nitrogen and oxygen atoms in total. The number of aromatic hydroxyl groups is 1. The van der Waals surface area contributed by atoms with Crippen LogP contribution in [0, 0.1) is 13.8 Å². The quantitative estimate of drug-likeness (QED) is 0.567. The molecule has 3 heteroatoms. The van der Waals surface area contributed by atoms with Crippen LogP contribution in [0.2, 0.25) is 0 Å². The Morgan fingerprint density at radius 1 is 1.18 bits per heavy atom. The Hall–Kier alpha value is -0.803. The van der Waals surface area contributed by atoms with Gasteiger partial charge in [0.2, 0.25) is 10.5 Å². The van der Waals surface area contributed by atoms with Crippen molar-refractivity contribution < 1.29 is 9.90 Å². The van der Waals surface area contributed by atoms with Crippen molar-refractivity contribution >= 4 is 10.5 Å². The molecule has 0 aliphatic heterocycles. The molecule has 0 bridgehead atoms. The van der Waals surface area contributed by atoms with Gasteiger partial charge in [0.05, 0.1) is 0 Å². The highest BCUT2D eigenvalue weighted by atomic mass is 28.2. The van der Waals surface area contributed by atoms with Gasteiger partial charge in [0, 0.05) is 0 Å². The van der Waals surface area contributed by atoms with E-state index in [2.05, 4.69) is 0 Å². The zero-order chi connectivity index (χ0) is 8.85. The van der Waals surface area contributed by atoms with Crippen LogP contribution in [0.25, 0.3) is 0 Å². The molecule has 0 aromatic heterocycles. The van der Waals surface area contributed by atoms with E-state index in [-0.39, 0.29) is 0 Å². The largest absolute Gasteiger partial charge is 0.508 e. The van der Waals surface area contributed by atoms with Crippen molar-refractivity contribution in [2.75, 3.05) is 0 Å². The lowest BCUT2D eigenvalue weighted by atomic mass is 10.1. The minimum atomic E-state index is 0.384. The van der Waals surface area contributed by atoms with E-state index in [1.54, 1.807) is 6.07 Å². The standard InChI is InChI=1S/C8H10O.HOSi/c1-6-4-3-5-8(9)7(6)2;1-2/h3-5,9H,1-2H3;1H. The van der Waals surface area contributed by atoms with Gasteiger partial charge in [0.15, 0.2) is 0 Å². The van der Waals surface area contributed by atoms with Crippen LogP contribution < -0.4 is 0 Å². The van der Waals surface area contributed by atoms with Crippen LogP contribution in [0.4, 0.5) is 0 Å². The van der Waals surface area contributed by atoms with Crippen molar-refractivity contribution in [1.29, 1.82) is 0 Å². The molecule has 0 amide bonds. The second kappa shape index (κ2) is 4.93. The zero-order valence-electron chi connectivity index (χ0n) is 6.63. The summed E-state index contributed by atoms with van der Waals surface area (Å²) in [5.41, 5.74) is 2.10. The van der Waals surface area contributed by atoms with Crippen LogP contribution in [0.1, 0.15) is 11.1 Å². The molecule has 1 aromatic carbocycles. The fraction of sp³-hybridized carbons (Fsp3) is 0.250. The van der Waals surface area contributed by atoms with Crippen LogP contribution in [-0.4, -0.2) is 20.4 Å². The maximum Gasteiger partial charge on any atom is 0.240 e. The molecule has 0 heterocycles. The third kappa shape index (κ3) is 2.74. The number of benzene rings is 1. The minimum Gasteiger partial charge on any atom is -0.508 e. The minimum absolute atomic E-state index is 0.384. The molecule has 2 N–H and O–H groups in total. The summed E-state index contributed by atoms with van der Waals surface area (Å²) in [5.74, 6) is 0.384. The van der Waals surface area contributed by atoms with E-state index in [1.807, 2.05) is 36.5 Å². The lowest BCUT2D eigenvalue weighted by Gasteiger charge is -1.99. The van der Waals surface area contributed by atoms with Gasteiger partial charge in [-0.2, -0.15) is 0 Å². The molecular weight excluding hydrogens is 156 g/mol. The van der Waals surface area contributed by atoms with Crippen LogP contribution in [-0.2, 0) is 0 Å². The maximum absolute atomic E-state index is 9.10. The Balaban J connectivity index is 0.000000461. The third-order valence-electron chi connectivity index (χ3n) is 1.58. The van der Waals surface area contributed by atoms with E-state index in [0.29, 0.717) is 5.75 Å². The summed E-state index contributed by atoms with van der Waals surface area (Å²) in [7, 11) is 1.97. The smallest absolute Gasteiger partial charge is 0.240 e. The van der Waals surface area contributed by atoms with E-state index in [0.717, 1.165) is 11.1 Å². The van der Waals surface area contributed by atoms with E-state index >= 15 is 0 Å². The van der Waals surface area contributed by atoms with Crippen molar-refractivity contribution in [2.45, 2.75) is 13.8 Å².